The van der Waals surface area contributed by atoms with Crippen LogP contribution in [0.4, 0.5) is 0 Å². The molecule has 4 nitrogen and oxygen atoms in total. The van der Waals surface area contributed by atoms with Crippen LogP contribution in [0.15, 0.2) is 18.3 Å². The fraction of sp³-hybridized carbons (Fsp3) is 0.688. The normalized spacial score (nSPS) is 12.5. The first kappa shape index (κ1) is 16.9. The van der Waals surface area contributed by atoms with Crippen LogP contribution in [0, 0.1) is 0 Å². The molecule has 0 saturated carbocycles. The van der Waals surface area contributed by atoms with Crippen molar-refractivity contribution in [3.8, 4) is 5.75 Å². The van der Waals surface area contributed by atoms with E-state index in [2.05, 4.69) is 44.9 Å². The van der Waals surface area contributed by atoms with E-state index in [0.717, 1.165) is 24.4 Å². The molecule has 1 rings (SSSR count). The third kappa shape index (κ3) is 6.87. The molecule has 0 aliphatic carbocycles. The van der Waals surface area contributed by atoms with Crippen molar-refractivity contribution in [2.75, 3.05) is 13.7 Å². The van der Waals surface area contributed by atoms with Crippen molar-refractivity contribution in [1.82, 2.24) is 10.3 Å². The minimum Gasteiger partial charge on any atom is -0.493 e. The highest BCUT2D eigenvalue weighted by atomic mass is 16.5. The van der Waals surface area contributed by atoms with E-state index < -0.39 is 0 Å². The summed E-state index contributed by atoms with van der Waals surface area (Å²) < 4.78 is 11.1. The summed E-state index contributed by atoms with van der Waals surface area (Å²) in [6.45, 7) is 11.9. The lowest BCUT2D eigenvalue weighted by Gasteiger charge is -2.23. The van der Waals surface area contributed by atoms with Gasteiger partial charge in [-0.2, -0.15) is 0 Å². The second kappa shape index (κ2) is 7.04. The van der Waals surface area contributed by atoms with Gasteiger partial charge in [0.25, 0.3) is 0 Å². The van der Waals surface area contributed by atoms with E-state index >= 15 is 0 Å². The van der Waals surface area contributed by atoms with Gasteiger partial charge < -0.3 is 14.8 Å². The summed E-state index contributed by atoms with van der Waals surface area (Å²) in [5, 5.41) is 3.42. The fourth-order valence-corrected chi connectivity index (χ4v) is 1.51. The summed E-state index contributed by atoms with van der Waals surface area (Å²) >= 11 is 0. The van der Waals surface area contributed by atoms with Crippen LogP contribution in [0.2, 0.25) is 0 Å². The van der Waals surface area contributed by atoms with E-state index in [1.807, 2.05) is 12.1 Å². The van der Waals surface area contributed by atoms with E-state index in [-0.39, 0.29) is 11.1 Å². The van der Waals surface area contributed by atoms with Gasteiger partial charge in [-0.15, -0.1) is 0 Å². The van der Waals surface area contributed by atoms with Crippen molar-refractivity contribution in [3.05, 3.63) is 24.0 Å². The lowest BCUT2D eigenvalue weighted by molar-refractivity contribution is 0.00544. The van der Waals surface area contributed by atoms with Crippen LogP contribution in [0.1, 0.15) is 46.7 Å². The molecule has 0 aliphatic rings. The Morgan fingerprint density at radius 1 is 1.20 bits per heavy atom. The van der Waals surface area contributed by atoms with Gasteiger partial charge >= 0.3 is 0 Å². The summed E-state index contributed by atoms with van der Waals surface area (Å²) in [4.78, 5) is 4.35. The monoisotopic (exact) mass is 280 g/mol. The second-order valence-corrected chi connectivity index (χ2v) is 6.65. The van der Waals surface area contributed by atoms with E-state index in [4.69, 9.17) is 9.47 Å². The molecule has 0 amide bonds. The molecule has 1 heterocycles. The van der Waals surface area contributed by atoms with E-state index in [1.54, 1.807) is 13.3 Å². The Labute approximate surface area is 122 Å². The standard InChI is InChI=1S/C16H28N2O2/c1-15(2,3)18-12-13-11-14(7-9-17-13)20-10-8-16(4,5)19-6/h7,9,11,18H,8,10,12H2,1-6H3. The van der Waals surface area contributed by atoms with Gasteiger partial charge in [0.2, 0.25) is 0 Å². The first-order valence-electron chi connectivity index (χ1n) is 7.10. The number of ether oxygens (including phenoxy) is 2. The number of methoxy groups -OCH3 is 1. The third-order valence-corrected chi connectivity index (χ3v) is 3.11. The van der Waals surface area contributed by atoms with Gasteiger partial charge in [0.1, 0.15) is 5.75 Å². The third-order valence-electron chi connectivity index (χ3n) is 3.11. The molecule has 114 valence electrons. The van der Waals surface area contributed by atoms with Gasteiger partial charge in [0, 0.05) is 37.9 Å². The van der Waals surface area contributed by atoms with Crippen molar-refractivity contribution in [3.63, 3.8) is 0 Å². The van der Waals surface area contributed by atoms with Crippen molar-refractivity contribution >= 4 is 0 Å². The maximum absolute atomic E-state index is 5.77. The molecule has 1 aromatic rings. The zero-order valence-corrected chi connectivity index (χ0v) is 13.6. The van der Waals surface area contributed by atoms with Crippen LogP contribution < -0.4 is 10.1 Å². The Bertz CT molecular complexity index is 411. The smallest absolute Gasteiger partial charge is 0.122 e. The van der Waals surface area contributed by atoms with Crippen LogP contribution in [0.3, 0.4) is 0 Å². The molecule has 0 aliphatic heterocycles. The Morgan fingerprint density at radius 3 is 2.50 bits per heavy atom. The van der Waals surface area contributed by atoms with Gasteiger partial charge in [-0.3, -0.25) is 4.98 Å². The van der Waals surface area contributed by atoms with Gasteiger partial charge in [-0.1, -0.05) is 0 Å². The highest BCUT2D eigenvalue weighted by molar-refractivity contribution is 5.22. The molecule has 1 N–H and O–H groups in total. The molecule has 0 radical (unpaired) electrons. The molecule has 4 heteroatoms. The van der Waals surface area contributed by atoms with Crippen LogP contribution in [0.25, 0.3) is 0 Å². The summed E-state index contributed by atoms with van der Waals surface area (Å²) in [6, 6.07) is 3.87. The zero-order valence-electron chi connectivity index (χ0n) is 13.6. The number of hydrogen-bond acceptors (Lipinski definition) is 4. The van der Waals surface area contributed by atoms with Crippen molar-refractivity contribution in [2.24, 2.45) is 0 Å². The van der Waals surface area contributed by atoms with Crippen LogP contribution in [0.5, 0.6) is 5.75 Å². The van der Waals surface area contributed by atoms with Crippen molar-refractivity contribution in [1.29, 1.82) is 0 Å². The Morgan fingerprint density at radius 2 is 1.90 bits per heavy atom. The first-order chi connectivity index (χ1) is 9.22. The average Bonchev–Trinajstić information content (AvgIpc) is 2.36. The van der Waals surface area contributed by atoms with Crippen molar-refractivity contribution in [2.45, 2.75) is 58.7 Å². The molecule has 1 aromatic heterocycles. The number of pyridine rings is 1. The van der Waals surface area contributed by atoms with E-state index in [9.17, 15) is 0 Å². The Balaban J connectivity index is 2.48. The lowest BCUT2D eigenvalue weighted by Crippen LogP contribution is -2.35. The molecule has 0 aromatic carbocycles. The first-order valence-corrected chi connectivity index (χ1v) is 7.10. The summed E-state index contributed by atoms with van der Waals surface area (Å²) in [6.07, 6.45) is 2.64. The molecule has 0 saturated heterocycles. The molecule has 20 heavy (non-hydrogen) atoms. The van der Waals surface area contributed by atoms with Crippen LogP contribution >= 0.6 is 0 Å². The predicted octanol–water partition coefficient (Wildman–Crippen LogP) is 3.16. The maximum atomic E-state index is 5.77. The summed E-state index contributed by atoms with van der Waals surface area (Å²) in [5.41, 5.74) is 0.924. The summed E-state index contributed by atoms with van der Waals surface area (Å²) in [7, 11) is 1.72. The van der Waals surface area contributed by atoms with Crippen LogP contribution in [-0.2, 0) is 11.3 Å². The zero-order chi connectivity index (χ0) is 15.2. The van der Waals surface area contributed by atoms with Gasteiger partial charge in [-0.25, -0.2) is 0 Å². The topological polar surface area (TPSA) is 43.4 Å². The highest BCUT2D eigenvalue weighted by Crippen LogP contribution is 2.16. The molecular formula is C16H28N2O2. The molecule has 0 spiro atoms. The number of nitrogens with one attached hydrogen (secondary N) is 1. The van der Waals surface area contributed by atoms with Gasteiger partial charge in [0.05, 0.1) is 17.9 Å². The van der Waals surface area contributed by atoms with Gasteiger partial charge in [-0.05, 0) is 40.7 Å². The average molecular weight is 280 g/mol. The van der Waals surface area contributed by atoms with Crippen molar-refractivity contribution < 1.29 is 9.47 Å². The maximum Gasteiger partial charge on any atom is 0.122 e. The SMILES string of the molecule is COC(C)(C)CCOc1ccnc(CNC(C)(C)C)c1. The largest absolute Gasteiger partial charge is 0.493 e. The Kier molecular flexibility index (Phi) is 5.96. The van der Waals surface area contributed by atoms with Gasteiger partial charge in [0.15, 0.2) is 0 Å². The van der Waals surface area contributed by atoms with Crippen LogP contribution in [-0.4, -0.2) is 29.8 Å². The molecular weight excluding hydrogens is 252 g/mol. The number of hydrogen-bond donors (Lipinski definition) is 1. The highest BCUT2D eigenvalue weighted by Gasteiger charge is 2.16. The number of rotatable bonds is 7. The predicted molar refractivity (Wildman–Crippen MR) is 82.0 cm³/mol. The molecule has 0 atom stereocenters. The fourth-order valence-electron chi connectivity index (χ4n) is 1.51. The minimum atomic E-state index is -0.149. The number of aromatic nitrogens is 1. The molecule has 0 fully saturated rings. The lowest BCUT2D eigenvalue weighted by atomic mass is 10.1. The van der Waals surface area contributed by atoms with E-state index in [1.165, 1.54) is 0 Å². The quantitative estimate of drug-likeness (QED) is 0.833. The second-order valence-electron chi connectivity index (χ2n) is 6.65. The molecule has 0 unspecified atom stereocenters. The van der Waals surface area contributed by atoms with E-state index in [0.29, 0.717) is 6.61 Å². The summed E-state index contributed by atoms with van der Waals surface area (Å²) in [5.74, 6) is 0.859. The number of nitrogens with zero attached hydrogens (tertiary/aromatic N) is 1. The molecule has 0 bridgehead atoms. The Hall–Kier alpha value is -1.13. The minimum absolute atomic E-state index is 0.0844.